The highest BCUT2D eigenvalue weighted by Gasteiger charge is 2.26. The Morgan fingerprint density at radius 3 is 2.45 bits per heavy atom. The standard InChI is InChI=1S/C32H37N3O4S/c1-35-21-29(27-12-17-34-31(27)32(35)36)28-20-25(24-13-18-40(37,38)19-14-24)6-9-30(28)39-26-7-4-22(5-8-26)2-3-23-10-15-33-16-11-23/h4-9,12,17,20-21,23-24,33-34H,2-3,10-11,13-16,18-19H2,1H3. The van der Waals surface area contributed by atoms with E-state index in [1.54, 1.807) is 17.8 Å². The van der Waals surface area contributed by atoms with Gasteiger partial charge in [-0.1, -0.05) is 18.2 Å². The topological polar surface area (TPSA) is 93.2 Å². The minimum Gasteiger partial charge on any atom is -0.457 e. The summed E-state index contributed by atoms with van der Waals surface area (Å²) in [5, 5.41) is 4.28. The summed E-state index contributed by atoms with van der Waals surface area (Å²) in [6, 6.07) is 16.5. The van der Waals surface area contributed by atoms with E-state index in [1.807, 2.05) is 30.5 Å². The Hall–Kier alpha value is -3.36. The molecule has 7 nitrogen and oxygen atoms in total. The third kappa shape index (κ3) is 5.74. The Kier molecular flexibility index (Phi) is 7.55. The van der Waals surface area contributed by atoms with Gasteiger partial charge in [0.05, 0.1) is 11.5 Å². The van der Waals surface area contributed by atoms with Crippen molar-refractivity contribution in [1.82, 2.24) is 14.9 Å². The van der Waals surface area contributed by atoms with E-state index in [2.05, 4.69) is 34.6 Å². The highest BCUT2D eigenvalue weighted by atomic mass is 32.2. The predicted octanol–water partition coefficient (Wildman–Crippen LogP) is 5.55. The van der Waals surface area contributed by atoms with Crippen molar-refractivity contribution < 1.29 is 13.2 Å². The Balaban J connectivity index is 1.31. The van der Waals surface area contributed by atoms with E-state index in [0.717, 1.165) is 53.3 Å². The van der Waals surface area contributed by atoms with Gasteiger partial charge in [-0.25, -0.2) is 8.42 Å². The van der Waals surface area contributed by atoms with Crippen molar-refractivity contribution in [3.63, 3.8) is 0 Å². The van der Waals surface area contributed by atoms with Crippen molar-refractivity contribution in [1.29, 1.82) is 0 Å². The second-order valence-corrected chi connectivity index (χ2v) is 13.7. The minimum atomic E-state index is -2.95. The molecular formula is C32H37N3O4S. The second kappa shape index (κ2) is 11.3. The summed E-state index contributed by atoms with van der Waals surface area (Å²) in [6.07, 6.45) is 9.70. The summed E-state index contributed by atoms with van der Waals surface area (Å²) in [4.78, 5) is 15.8. The van der Waals surface area contributed by atoms with Gasteiger partial charge >= 0.3 is 0 Å². The fraction of sp³-hybridized carbons (Fsp3) is 0.406. The lowest BCUT2D eigenvalue weighted by Gasteiger charge is -2.24. The number of hydrogen-bond donors (Lipinski definition) is 2. The predicted molar refractivity (Wildman–Crippen MR) is 160 cm³/mol. The molecule has 2 N–H and O–H groups in total. The monoisotopic (exact) mass is 559 g/mol. The molecule has 0 amide bonds. The molecule has 6 rings (SSSR count). The largest absolute Gasteiger partial charge is 0.457 e. The number of nitrogens with zero attached hydrogens (tertiary/aromatic N) is 1. The maximum atomic E-state index is 12.8. The first kappa shape index (κ1) is 26.8. The smallest absolute Gasteiger partial charge is 0.274 e. The first-order valence-electron chi connectivity index (χ1n) is 14.4. The number of hydrogen-bond acceptors (Lipinski definition) is 5. The molecule has 0 bridgehead atoms. The van der Waals surface area contributed by atoms with Gasteiger partial charge in [0.15, 0.2) is 0 Å². The summed E-state index contributed by atoms with van der Waals surface area (Å²) in [5.41, 5.74) is 4.68. The molecule has 0 radical (unpaired) electrons. The number of pyridine rings is 1. The van der Waals surface area contributed by atoms with Gasteiger partial charge in [0.2, 0.25) is 0 Å². The van der Waals surface area contributed by atoms with Crippen molar-refractivity contribution in [2.75, 3.05) is 24.6 Å². The van der Waals surface area contributed by atoms with Gasteiger partial charge < -0.3 is 19.6 Å². The summed E-state index contributed by atoms with van der Waals surface area (Å²) < 4.78 is 32.2. The lowest BCUT2D eigenvalue weighted by Crippen LogP contribution is -2.27. The van der Waals surface area contributed by atoms with Crippen molar-refractivity contribution >= 4 is 20.7 Å². The summed E-state index contributed by atoms with van der Waals surface area (Å²) >= 11 is 0. The van der Waals surface area contributed by atoms with Crippen LogP contribution in [0.1, 0.15) is 49.1 Å². The number of aromatic amines is 1. The van der Waals surface area contributed by atoms with Crippen LogP contribution in [0.4, 0.5) is 0 Å². The summed E-state index contributed by atoms with van der Waals surface area (Å²) in [5.74, 6) is 2.88. The van der Waals surface area contributed by atoms with Gasteiger partial charge in [-0.3, -0.25) is 4.79 Å². The Morgan fingerprint density at radius 1 is 0.950 bits per heavy atom. The first-order valence-corrected chi connectivity index (χ1v) is 16.2. The van der Waals surface area contributed by atoms with Crippen LogP contribution in [0.2, 0.25) is 0 Å². The molecule has 0 unspecified atom stereocenters. The number of sulfone groups is 1. The zero-order valence-electron chi connectivity index (χ0n) is 23.0. The Morgan fingerprint density at radius 2 is 1.70 bits per heavy atom. The van der Waals surface area contributed by atoms with Crippen LogP contribution in [0.3, 0.4) is 0 Å². The van der Waals surface area contributed by atoms with Crippen LogP contribution in [-0.2, 0) is 23.3 Å². The molecule has 8 heteroatoms. The number of aryl methyl sites for hydroxylation is 2. The van der Waals surface area contributed by atoms with Gasteiger partial charge in [0.1, 0.15) is 26.9 Å². The molecular weight excluding hydrogens is 522 g/mol. The Labute approximate surface area is 235 Å². The van der Waals surface area contributed by atoms with Crippen LogP contribution < -0.4 is 15.6 Å². The third-order valence-electron chi connectivity index (χ3n) is 8.67. The number of nitrogens with one attached hydrogen (secondary N) is 2. The zero-order chi connectivity index (χ0) is 27.7. The summed E-state index contributed by atoms with van der Waals surface area (Å²) in [6.45, 7) is 2.26. The number of ether oxygens (including phenoxy) is 1. The van der Waals surface area contributed by atoms with Crippen LogP contribution in [-0.4, -0.2) is 42.6 Å². The average Bonchev–Trinajstić information content (AvgIpc) is 3.46. The maximum absolute atomic E-state index is 12.8. The zero-order valence-corrected chi connectivity index (χ0v) is 23.8. The van der Waals surface area contributed by atoms with E-state index in [-0.39, 0.29) is 23.0 Å². The molecule has 2 aromatic heterocycles. The molecule has 2 saturated heterocycles. The molecule has 2 aliphatic heterocycles. The fourth-order valence-corrected chi connectivity index (χ4v) is 7.69. The van der Waals surface area contributed by atoms with Gasteiger partial charge in [0.25, 0.3) is 5.56 Å². The third-order valence-corrected chi connectivity index (χ3v) is 10.4. The molecule has 0 atom stereocenters. The number of benzene rings is 2. The minimum absolute atomic E-state index is 0.0834. The van der Waals surface area contributed by atoms with Crippen molar-refractivity contribution in [3.8, 4) is 22.6 Å². The molecule has 2 aromatic carbocycles. The van der Waals surface area contributed by atoms with Crippen molar-refractivity contribution in [2.45, 2.75) is 44.4 Å². The van der Waals surface area contributed by atoms with Crippen LogP contribution in [0.15, 0.2) is 65.7 Å². The number of aromatic nitrogens is 2. The van der Waals surface area contributed by atoms with E-state index in [9.17, 15) is 13.2 Å². The number of fused-ring (bicyclic) bond motifs is 1. The first-order chi connectivity index (χ1) is 19.4. The molecule has 210 valence electrons. The SMILES string of the molecule is Cn1cc(-c2cc(C3CCS(=O)(=O)CC3)ccc2Oc2ccc(CCC3CCNCC3)cc2)c2cc[nH]c2c1=O. The van der Waals surface area contributed by atoms with Gasteiger partial charge in [-0.15, -0.1) is 0 Å². The molecule has 0 aliphatic carbocycles. The Bertz CT molecular complexity index is 1650. The molecule has 2 aliphatic rings. The van der Waals surface area contributed by atoms with Crippen molar-refractivity contribution in [3.05, 3.63) is 82.4 Å². The number of H-pyrrole nitrogens is 1. The van der Waals surface area contributed by atoms with E-state index < -0.39 is 9.84 Å². The van der Waals surface area contributed by atoms with Crippen LogP contribution in [0, 0.1) is 5.92 Å². The van der Waals surface area contributed by atoms with E-state index >= 15 is 0 Å². The number of rotatable bonds is 7. The molecule has 4 heterocycles. The molecule has 2 fully saturated rings. The van der Waals surface area contributed by atoms with E-state index in [4.69, 9.17) is 4.74 Å². The second-order valence-electron chi connectivity index (χ2n) is 11.4. The molecule has 4 aromatic rings. The lowest BCUT2D eigenvalue weighted by molar-refractivity contribution is 0.354. The molecule has 40 heavy (non-hydrogen) atoms. The van der Waals surface area contributed by atoms with Crippen LogP contribution in [0.5, 0.6) is 11.5 Å². The highest BCUT2D eigenvalue weighted by molar-refractivity contribution is 7.91. The molecule has 0 saturated carbocycles. The van der Waals surface area contributed by atoms with Gasteiger partial charge in [-0.05, 0) is 105 Å². The van der Waals surface area contributed by atoms with E-state index in [1.165, 1.54) is 24.8 Å². The normalized spacial score (nSPS) is 18.2. The number of piperidine rings is 1. The average molecular weight is 560 g/mol. The van der Waals surface area contributed by atoms with Gasteiger partial charge in [0, 0.05) is 36.0 Å². The molecule has 0 spiro atoms. The van der Waals surface area contributed by atoms with Crippen LogP contribution >= 0.6 is 0 Å². The van der Waals surface area contributed by atoms with E-state index in [0.29, 0.717) is 24.1 Å². The maximum Gasteiger partial charge on any atom is 0.274 e. The van der Waals surface area contributed by atoms with Crippen molar-refractivity contribution in [2.24, 2.45) is 13.0 Å². The summed E-state index contributed by atoms with van der Waals surface area (Å²) in [7, 11) is -1.20. The lowest BCUT2D eigenvalue weighted by atomic mass is 9.90. The highest BCUT2D eigenvalue weighted by Crippen LogP contribution is 2.40. The van der Waals surface area contributed by atoms with Gasteiger partial charge in [-0.2, -0.15) is 0 Å². The van der Waals surface area contributed by atoms with Crippen LogP contribution in [0.25, 0.3) is 22.0 Å². The quantitative estimate of drug-likeness (QED) is 0.310. The fourth-order valence-electron chi connectivity index (χ4n) is 6.20.